The highest BCUT2D eigenvalue weighted by atomic mass is 79.9. The van der Waals surface area contributed by atoms with Crippen LogP contribution in [0.2, 0.25) is 0 Å². The Morgan fingerprint density at radius 3 is 2.40 bits per heavy atom. The minimum atomic E-state index is 0.631. The SMILES string of the molecule is COc1ccc(-c2cc(C)ccc2C=O)c(OC)c1Br. The Bertz CT molecular complexity index is 650. The van der Waals surface area contributed by atoms with Crippen molar-refractivity contribution in [3.63, 3.8) is 0 Å². The van der Waals surface area contributed by atoms with Crippen molar-refractivity contribution in [2.45, 2.75) is 6.92 Å². The quantitative estimate of drug-likeness (QED) is 0.784. The van der Waals surface area contributed by atoms with E-state index in [9.17, 15) is 4.79 Å². The normalized spacial score (nSPS) is 10.2. The van der Waals surface area contributed by atoms with Crippen molar-refractivity contribution < 1.29 is 14.3 Å². The number of benzene rings is 2. The second-order valence-corrected chi connectivity index (χ2v) is 5.16. The van der Waals surface area contributed by atoms with E-state index in [1.807, 2.05) is 37.3 Å². The lowest BCUT2D eigenvalue weighted by Gasteiger charge is -2.15. The topological polar surface area (TPSA) is 35.5 Å². The summed E-state index contributed by atoms with van der Waals surface area (Å²) < 4.78 is 11.5. The standard InChI is InChI=1S/C16H15BrO3/c1-10-4-5-11(9-18)13(8-10)12-6-7-14(19-2)15(17)16(12)20-3/h4-9H,1-3H3. The minimum absolute atomic E-state index is 0.631. The summed E-state index contributed by atoms with van der Waals surface area (Å²) in [6, 6.07) is 9.44. The Morgan fingerprint density at radius 1 is 1.05 bits per heavy atom. The number of hydrogen-bond donors (Lipinski definition) is 0. The van der Waals surface area contributed by atoms with Crippen molar-refractivity contribution >= 4 is 22.2 Å². The maximum Gasteiger partial charge on any atom is 0.150 e. The molecule has 20 heavy (non-hydrogen) atoms. The summed E-state index contributed by atoms with van der Waals surface area (Å²) >= 11 is 3.48. The third kappa shape index (κ3) is 2.56. The molecular weight excluding hydrogens is 320 g/mol. The molecule has 0 aromatic heterocycles. The fourth-order valence-electron chi connectivity index (χ4n) is 2.11. The van der Waals surface area contributed by atoms with Crippen LogP contribution in [0.5, 0.6) is 11.5 Å². The molecule has 0 N–H and O–H groups in total. The molecule has 0 aliphatic rings. The van der Waals surface area contributed by atoms with Crippen LogP contribution in [0.1, 0.15) is 15.9 Å². The van der Waals surface area contributed by atoms with E-state index >= 15 is 0 Å². The maximum absolute atomic E-state index is 11.2. The van der Waals surface area contributed by atoms with E-state index in [1.165, 1.54) is 0 Å². The molecule has 2 aromatic carbocycles. The molecule has 0 heterocycles. The van der Waals surface area contributed by atoms with Gasteiger partial charge in [0.1, 0.15) is 16.0 Å². The van der Waals surface area contributed by atoms with Gasteiger partial charge in [-0.2, -0.15) is 0 Å². The molecule has 104 valence electrons. The molecule has 0 saturated heterocycles. The number of carbonyl (C=O) groups is 1. The zero-order valence-electron chi connectivity index (χ0n) is 11.6. The average molecular weight is 335 g/mol. The molecule has 3 nitrogen and oxygen atoms in total. The lowest BCUT2D eigenvalue weighted by molar-refractivity contribution is 0.112. The molecular formula is C16H15BrO3. The number of hydrogen-bond acceptors (Lipinski definition) is 3. The minimum Gasteiger partial charge on any atom is -0.495 e. The molecule has 0 spiro atoms. The summed E-state index contributed by atoms with van der Waals surface area (Å²) in [6.07, 6.45) is 0.854. The molecule has 2 rings (SSSR count). The highest BCUT2D eigenvalue weighted by molar-refractivity contribution is 9.10. The zero-order valence-corrected chi connectivity index (χ0v) is 13.2. The molecule has 0 bridgehead atoms. The molecule has 0 aliphatic heterocycles. The van der Waals surface area contributed by atoms with Crippen LogP contribution < -0.4 is 9.47 Å². The van der Waals surface area contributed by atoms with Crippen LogP contribution in [0.15, 0.2) is 34.8 Å². The molecule has 0 unspecified atom stereocenters. The van der Waals surface area contributed by atoms with Gasteiger partial charge in [-0.15, -0.1) is 0 Å². The highest BCUT2D eigenvalue weighted by Crippen LogP contribution is 2.42. The summed E-state index contributed by atoms with van der Waals surface area (Å²) in [5.41, 5.74) is 3.41. The van der Waals surface area contributed by atoms with Crippen molar-refractivity contribution in [1.29, 1.82) is 0 Å². The van der Waals surface area contributed by atoms with Gasteiger partial charge >= 0.3 is 0 Å². The smallest absolute Gasteiger partial charge is 0.150 e. The Balaban J connectivity index is 2.72. The first-order valence-electron chi connectivity index (χ1n) is 6.09. The third-order valence-electron chi connectivity index (χ3n) is 3.11. The van der Waals surface area contributed by atoms with E-state index in [0.29, 0.717) is 17.1 Å². The first-order chi connectivity index (χ1) is 9.62. The third-order valence-corrected chi connectivity index (χ3v) is 3.86. The Morgan fingerprint density at radius 2 is 1.80 bits per heavy atom. The van der Waals surface area contributed by atoms with Crippen LogP contribution >= 0.6 is 15.9 Å². The largest absolute Gasteiger partial charge is 0.495 e. The van der Waals surface area contributed by atoms with Crippen LogP contribution in [-0.4, -0.2) is 20.5 Å². The van der Waals surface area contributed by atoms with Gasteiger partial charge in [0, 0.05) is 11.1 Å². The van der Waals surface area contributed by atoms with Crippen molar-refractivity contribution in [1.82, 2.24) is 0 Å². The van der Waals surface area contributed by atoms with Gasteiger partial charge in [0.15, 0.2) is 6.29 Å². The summed E-state index contributed by atoms with van der Waals surface area (Å²) in [5.74, 6) is 1.34. The molecule has 0 fully saturated rings. The molecule has 0 amide bonds. The molecule has 4 heteroatoms. The highest BCUT2D eigenvalue weighted by Gasteiger charge is 2.16. The van der Waals surface area contributed by atoms with Gasteiger partial charge in [0.05, 0.1) is 14.2 Å². The first-order valence-corrected chi connectivity index (χ1v) is 6.88. The van der Waals surface area contributed by atoms with Gasteiger partial charge < -0.3 is 9.47 Å². The average Bonchev–Trinajstić information content (AvgIpc) is 2.46. The summed E-state index contributed by atoms with van der Waals surface area (Å²) in [7, 11) is 3.20. The maximum atomic E-state index is 11.2. The van der Waals surface area contributed by atoms with E-state index in [0.717, 1.165) is 27.4 Å². The fraction of sp³-hybridized carbons (Fsp3) is 0.188. The van der Waals surface area contributed by atoms with E-state index < -0.39 is 0 Å². The number of ether oxygens (including phenoxy) is 2. The number of carbonyl (C=O) groups excluding carboxylic acids is 1. The summed E-state index contributed by atoms with van der Waals surface area (Å²) in [5, 5.41) is 0. The van der Waals surface area contributed by atoms with Gasteiger partial charge in [-0.1, -0.05) is 23.8 Å². The van der Waals surface area contributed by atoms with Crippen LogP contribution in [0, 0.1) is 6.92 Å². The molecule has 0 aliphatic carbocycles. The summed E-state index contributed by atoms with van der Waals surface area (Å²) in [6.45, 7) is 1.99. The second-order valence-electron chi connectivity index (χ2n) is 4.37. The molecule has 2 aromatic rings. The van der Waals surface area contributed by atoms with E-state index in [4.69, 9.17) is 9.47 Å². The number of aldehydes is 1. The van der Waals surface area contributed by atoms with Gasteiger partial charge in [-0.05, 0) is 40.5 Å². The van der Waals surface area contributed by atoms with Crippen LogP contribution in [-0.2, 0) is 0 Å². The monoisotopic (exact) mass is 334 g/mol. The zero-order chi connectivity index (χ0) is 14.7. The van der Waals surface area contributed by atoms with Gasteiger partial charge in [-0.25, -0.2) is 0 Å². The lowest BCUT2D eigenvalue weighted by Crippen LogP contribution is -1.95. The van der Waals surface area contributed by atoms with Crippen molar-refractivity contribution in [2.24, 2.45) is 0 Å². The van der Waals surface area contributed by atoms with E-state index in [2.05, 4.69) is 15.9 Å². The summed E-state index contributed by atoms with van der Waals surface area (Å²) in [4.78, 5) is 11.2. The lowest BCUT2D eigenvalue weighted by atomic mass is 9.97. The van der Waals surface area contributed by atoms with Crippen LogP contribution in [0.25, 0.3) is 11.1 Å². The van der Waals surface area contributed by atoms with Gasteiger partial charge in [0.2, 0.25) is 0 Å². The number of methoxy groups -OCH3 is 2. The van der Waals surface area contributed by atoms with Crippen molar-refractivity contribution in [2.75, 3.05) is 14.2 Å². The first kappa shape index (κ1) is 14.6. The van der Waals surface area contributed by atoms with Crippen LogP contribution in [0.4, 0.5) is 0 Å². The van der Waals surface area contributed by atoms with Gasteiger partial charge in [0.25, 0.3) is 0 Å². The van der Waals surface area contributed by atoms with E-state index in [1.54, 1.807) is 14.2 Å². The number of rotatable bonds is 4. The molecule has 0 saturated carbocycles. The van der Waals surface area contributed by atoms with Crippen molar-refractivity contribution in [3.05, 3.63) is 45.9 Å². The van der Waals surface area contributed by atoms with Gasteiger partial charge in [-0.3, -0.25) is 4.79 Å². The predicted molar refractivity (Wildman–Crippen MR) is 82.8 cm³/mol. The van der Waals surface area contributed by atoms with Crippen molar-refractivity contribution in [3.8, 4) is 22.6 Å². The predicted octanol–water partition coefficient (Wildman–Crippen LogP) is 4.25. The Kier molecular flexibility index (Phi) is 4.45. The second kappa shape index (κ2) is 6.09. The van der Waals surface area contributed by atoms with E-state index in [-0.39, 0.29) is 0 Å². The number of aryl methyl sites for hydroxylation is 1. The number of halogens is 1. The Labute approximate surface area is 126 Å². The Hall–Kier alpha value is -1.81. The van der Waals surface area contributed by atoms with Crippen LogP contribution in [0.3, 0.4) is 0 Å². The fourth-order valence-corrected chi connectivity index (χ4v) is 2.78. The molecule has 0 atom stereocenters. The molecule has 0 radical (unpaired) electrons.